The maximum Gasteiger partial charge on any atom is 0.270 e. The van der Waals surface area contributed by atoms with Crippen LogP contribution < -0.4 is 10.2 Å². The SMILES string of the molecule is Cc1ccc(N2C(=O)/C(=C\c3ccc(-c4ccc(Br)cc4)o3)C(=O)NC2=S)cc1. The zero-order chi connectivity index (χ0) is 20.5. The van der Waals surface area contributed by atoms with E-state index in [4.69, 9.17) is 16.6 Å². The van der Waals surface area contributed by atoms with Crippen LogP contribution in [0.25, 0.3) is 17.4 Å². The molecule has 0 bridgehead atoms. The number of amides is 2. The Kier molecular flexibility index (Phi) is 5.17. The summed E-state index contributed by atoms with van der Waals surface area (Å²) < 4.78 is 6.78. The van der Waals surface area contributed by atoms with Gasteiger partial charge in [0.1, 0.15) is 17.1 Å². The Morgan fingerprint density at radius 3 is 2.38 bits per heavy atom. The molecule has 1 aromatic heterocycles. The van der Waals surface area contributed by atoms with Crippen LogP contribution in [0.2, 0.25) is 0 Å². The first-order valence-corrected chi connectivity index (χ1v) is 9.96. The van der Waals surface area contributed by atoms with Crippen LogP contribution in [0.1, 0.15) is 11.3 Å². The van der Waals surface area contributed by atoms with Crippen LogP contribution in [-0.4, -0.2) is 16.9 Å². The number of hydrogen-bond acceptors (Lipinski definition) is 4. The van der Waals surface area contributed by atoms with Crippen LogP contribution in [0.15, 0.2) is 75.1 Å². The van der Waals surface area contributed by atoms with Crippen molar-refractivity contribution in [3.8, 4) is 11.3 Å². The molecule has 144 valence electrons. The monoisotopic (exact) mass is 466 g/mol. The van der Waals surface area contributed by atoms with Crippen molar-refractivity contribution in [2.45, 2.75) is 6.92 Å². The summed E-state index contributed by atoms with van der Waals surface area (Å²) in [4.78, 5) is 26.7. The summed E-state index contributed by atoms with van der Waals surface area (Å²) in [5.74, 6) is -0.00818. The van der Waals surface area contributed by atoms with Crippen LogP contribution in [0.5, 0.6) is 0 Å². The maximum atomic E-state index is 13.0. The molecule has 2 amide bonds. The lowest BCUT2D eigenvalue weighted by Crippen LogP contribution is -2.54. The molecule has 7 heteroatoms. The number of nitrogens with zero attached hydrogens (tertiary/aromatic N) is 1. The lowest BCUT2D eigenvalue weighted by atomic mass is 10.1. The minimum Gasteiger partial charge on any atom is -0.457 e. The zero-order valence-corrected chi connectivity index (χ0v) is 17.7. The highest BCUT2D eigenvalue weighted by Gasteiger charge is 2.34. The standard InChI is InChI=1S/C22H15BrN2O3S/c1-13-2-8-16(9-3-13)25-21(27)18(20(26)24-22(25)29)12-17-10-11-19(28-17)14-4-6-15(23)7-5-14/h2-12H,1H3,(H,24,26,29)/b18-12-. The summed E-state index contributed by atoms with van der Waals surface area (Å²) in [6.45, 7) is 1.95. The third-order valence-corrected chi connectivity index (χ3v) is 5.25. The van der Waals surface area contributed by atoms with Gasteiger partial charge in [-0.1, -0.05) is 45.8 Å². The molecule has 1 N–H and O–H groups in total. The van der Waals surface area contributed by atoms with Gasteiger partial charge in [0.2, 0.25) is 0 Å². The van der Waals surface area contributed by atoms with Crippen molar-refractivity contribution in [1.29, 1.82) is 0 Å². The maximum absolute atomic E-state index is 13.0. The summed E-state index contributed by atoms with van der Waals surface area (Å²) in [5, 5.41) is 2.62. The number of halogens is 1. The number of thiocarbonyl (C=S) groups is 1. The first kappa shape index (κ1) is 19.3. The number of carbonyl (C=O) groups is 2. The van der Waals surface area contributed by atoms with Crippen LogP contribution in [-0.2, 0) is 9.59 Å². The topological polar surface area (TPSA) is 62.6 Å². The number of carbonyl (C=O) groups excluding carboxylic acids is 2. The average Bonchev–Trinajstić information content (AvgIpc) is 3.16. The van der Waals surface area contributed by atoms with Crippen LogP contribution in [0, 0.1) is 6.92 Å². The van der Waals surface area contributed by atoms with Gasteiger partial charge in [0.25, 0.3) is 11.8 Å². The fourth-order valence-corrected chi connectivity index (χ4v) is 3.47. The molecule has 1 fully saturated rings. The smallest absolute Gasteiger partial charge is 0.270 e. The van der Waals surface area contributed by atoms with Gasteiger partial charge in [0.05, 0.1) is 5.69 Å². The lowest BCUT2D eigenvalue weighted by molar-refractivity contribution is -0.122. The molecule has 0 saturated carbocycles. The van der Waals surface area contributed by atoms with Gasteiger partial charge in [0, 0.05) is 10.0 Å². The summed E-state index contributed by atoms with van der Waals surface area (Å²) >= 11 is 8.61. The first-order chi connectivity index (χ1) is 13.9. The predicted octanol–water partition coefficient (Wildman–Crippen LogP) is 4.85. The largest absolute Gasteiger partial charge is 0.457 e. The summed E-state index contributed by atoms with van der Waals surface area (Å²) in [7, 11) is 0. The van der Waals surface area contributed by atoms with Crippen LogP contribution >= 0.6 is 28.1 Å². The molecule has 2 aromatic carbocycles. The van der Waals surface area contributed by atoms with Gasteiger partial charge in [-0.25, -0.2) is 0 Å². The molecule has 0 spiro atoms. The van der Waals surface area contributed by atoms with Crippen molar-refractivity contribution >= 4 is 56.8 Å². The van der Waals surface area contributed by atoms with E-state index in [1.54, 1.807) is 24.3 Å². The van der Waals surface area contributed by atoms with E-state index in [0.29, 0.717) is 17.2 Å². The van der Waals surface area contributed by atoms with Crippen molar-refractivity contribution in [2.24, 2.45) is 0 Å². The molecule has 5 nitrogen and oxygen atoms in total. The van der Waals surface area contributed by atoms with Crippen molar-refractivity contribution < 1.29 is 14.0 Å². The summed E-state index contributed by atoms with van der Waals surface area (Å²) in [6.07, 6.45) is 1.43. The number of anilines is 1. The fourth-order valence-electron chi connectivity index (χ4n) is 2.93. The molecule has 2 heterocycles. The number of benzene rings is 2. The number of furan rings is 1. The molecular weight excluding hydrogens is 452 g/mol. The second kappa shape index (κ2) is 7.77. The quantitative estimate of drug-likeness (QED) is 0.340. The molecule has 1 aliphatic rings. The summed E-state index contributed by atoms with van der Waals surface area (Å²) in [6, 6.07) is 18.5. The van der Waals surface area contributed by atoms with E-state index in [2.05, 4.69) is 21.2 Å². The van der Waals surface area contributed by atoms with Gasteiger partial charge in [-0.15, -0.1) is 0 Å². The van der Waals surface area contributed by atoms with E-state index in [1.807, 2.05) is 43.3 Å². The van der Waals surface area contributed by atoms with E-state index in [1.165, 1.54) is 11.0 Å². The molecule has 3 aromatic rings. The zero-order valence-electron chi connectivity index (χ0n) is 15.3. The van der Waals surface area contributed by atoms with E-state index >= 15 is 0 Å². The van der Waals surface area contributed by atoms with Crippen molar-refractivity contribution in [3.05, 3.63) is 82.0 Å². The van der Waals surface area contributed by atoms with Crippen LogP contribution in [0.3, 0.4) is 0 Å². The van der Waals surface area contributed by atoms with E-state index in [-0.39, 0.29) is 10.7 Å². The molecule has 1 saturated heterocycles. The normalized spacial score (nSPS) is 15.7. The first-order valence-electron chi connectivity index (χ1n) is 8.76. The molecule has 1 aliphatic heterocycles. The summed E-state index contributed by atoms with van der Waals surface area (Å²) in [5.41, 5.74) is 2.49. The number of hydrogen-bond donors (Lipinski definition) is 1. The van der Waals surface area contributed by atoms with Gasteiger partial charge in [-0.2, -0.15) is 0 Å². The number of aryl methyl sites for hydroxylation is 1. The molecule has 0 atom stereocenters. The van der Waals surface area contributed by atoms with Crippen molar-refractivity contribution in [1.82, 2.24) is 5.32 Å². The van der Waals surface area contributed by atoms with E-state index in [9.17, 15) is 9.59 Å². The number of rotatable bonds is 3. The Balaban J connectivity index is 1.66. The van der Waals surface area contributed by atoms with Gasteiger partial charge >= 0.3 is 0 Å². The van der Waals surface area contributed by atoms with Crippen molar-refractivity contribution in [2.75, 3.05) is 4.90 Å². The molecule has 0 aliphatic carbocycles. The van der Waals surface area contributed by atoms with E-state index < -0.39 is 11.8 Å². The van der Waals surface area contributed by atoms with E-state index in [0.717, 1.165) is 15.6 Å². The highest BCUT2D eigenvalue weighted by atomic mass is 79.9. The Bertz CT molecular complexity index is 1150. The molecule has 0 unspecified atom stereocenters. The third-order valence-electron chi connectivity index (χ3n) is 4.44. The minimum atomic E-state index is -0.551. The van der Waals surface area contributed by atoms with Gasteiger partial charge < -0.3 is 4.42 Å². The highest BCUT2D eigenvalue weighted by Crippen LogP contribution is 2.27. The fraction of sp³-hybridized carbons (Fsp3) is 0.0455. The third kappa shape index (κ3) is 3.92. The Morgan fingerprint density at radius 2 is 1.69 bits per heavy atom. The molecule has 4 rings (SSSR count). The predicted molar refractivity (Wildman–Crippen MR) is 119 cm³/mol. The second-order valence-electron chi connectivity index (χ2n) is 6.50. The Hall–Kier alpha value is -3.03. The minimum absolute atomic E-state index is 0.0455. The lowest BCUT2D eigenvalue weighted by Gasteiger charge is -2.28. The van der Waals surface area contributed by atoms with Gasteiger partial charge in [0.15, 0.2) is 5.11 Å². The Morgan fingerprint density at radius 1 is 1.00 bits per heavy atom. The van der Waals surface area contributed by atoms with Gasteiger partial charge in [-0.05, 0) is 61.6 Å². The van der Waals surface area contributed by atoms with Crippen LogP contribution in [0.4, 0.5) is 5.69 Å². The molecular formula is C22H15BrN2O3S. The molecule has 0 radical (unpaired) electrons. The molecule has 29 heavy (non-hydrogen) atoms. The Labute approximate surface area is 181 Å². The number of nitrogens with one attached hydrogen (secondary N) is 1. The van der Waals surface area contributed by atoms with Gasteiger partial charge in [-0.3, -0.25) is 19.8 Å². The highest BCUT2D eigenvalue weighted by molar-refractivity contribution is 9.10. The average molecular weight is 467 g/mol. The van der Waals surface area contributed by atoms with Crippen molar-refractivity contribution in [3.63, 3.8) is 0 Å². The second-order valence-corrected chi connectivity index (χ2v) is 7.80.